The van der Waals surface area contributed by atoms with E-state index in [1.807, 2.05) is 64.3 Å². The summed E-state index contributed by atoms with van der Waals surface area (Å²) >= 11 is 0. The lowest BCUT2D eigenvalue weighted by molar-refractivity contribution is -0.136. The summed E-state index contributed by atoms with van der Waals surface area (Å²) in [4.78, 5) is 18.3. The molecule has 2 aromatic heterocycles. The van der Waals surface area contributed by atoms with Gasteiger partial charge in [0.15, 0.2) is 0 Å². The number of pyridine rings is 1. The number of amides is 1. The molecule has 0 aliphatic carbocycles. The molecule has 3 heterocycles. The quantitative estimate of drug-likeness (QED) is 0.737. The Kier molecular flexibility index (Phi) is 3.78. The van der Waals surface area contributed by atoms with Crippen molar-refractivity contribution in [2.24, 2.45) is 0 Å². The molecular formula is C18H17N5O. The monoisotopic (exact) mass is 319 g/mol. The minimum Gasteiger partial charge on any atom is -0.338 e. The average molecular weight is 319 g/mol. The Morgan fingerprint density at radius 1 is 1.08 bits per heavy atom. The van der Waals surface area contributed by atoms with Crippen LogP contribution in [0, 0.1) is 0 Å². The lowest BCUT2D eigenvalue weighted by atomic mass is 10.1. The van der Waals surface area contributed by atoms with Crippen molar-refractivity contribution in [3.05, 3.63) is 66.6 Å². The molecule has 120 valence electrons. The number of benzene rings is 1. The Morgan fingerprint density at radius 3 is 2.62 bits per heavy atom. The molecular weight excluding hydrogens is 302 g/mol. The highest BCUT2D eigenvalue weighted by Gasteiger charge is 2.32. The first kappa shape index (κ1) is 14.6. The summed E-state index contributed by atoms with van der Waals surface area (Å²) in [5.41, 5.74) is 2.71. The van der Waals surface area contributed by atoms with Gasteiger partial charge in [-0.2, -0.15) is 0 Å². The zero-order chi connectivity index (χ0) is 16.4. The van der Waals surface area contributed by atoms with Gasteiger partial charge in [-0.15, -0.1) is 5.10 Å². The number of aromatic nitrogens is 4. The van der Waals surface area contributed by atoms with Crippen molar-refractivity contribution >= 4 is 5.91 Å². The Bertz CT molecular complexity index is 825. The number of nitrogens with zero attached hydrogens (tertiary/aromatic N) is 5. The van der Waals surface area contributed by atoms with Crippen LogP contribution in [0.15, 0.2) is 60.9 Å². The van der Waals surface area contributed by atoms with Gasteiger partial charge in [0.05, 0.1) is 18.7 Å². The molecule has 1 amide bonds. The van der Waals surface area contributed by atoms with Crippen LogP contribution >= 0.6 is 0 Å². The Morgan fingerprint density at radius 2 is 1.88 bits per heavy atom. The average Bonchev–Trinajstić information content (AvgIpc) is 3.05. The van der Waals surface area contributed by atoms with E-state index in [1.165, 1.54) is 0 Å². The van der Waals surface area contributed by atoms with E-state index in [0.29, 0.717) is 19.5 Å². The van der Waals surface area contributed by atoms with Gasteiger partial charge in [0.2, 0.25) is 5.91 Å². The molecule has 0 saturated carbocycles. The van der Waals surface area contributed by atoms with Gasteiger partial charge in [0.1, 0.15) is 5.69 Å². The van der Waals surface area contributed by atoms with Crippen LogP contribution in [0.3, 0.4) is 0 Å². The third-order valence-electron chi connectivity index (χ3n) is 4.23. The summed E-state index contributed by atoms with van der Waals surface area (Å²) in [7, 11) is 0. The van der Waals surface area contributed by atoms with Crippen molar-refractivity contribution in [2.45, 2.75) is 12.5 Å². The van der Waals surface area contributed by atoms with E-state index in [9.17, 15) is 4.79 Å². The molecule has 0 bridgehead atoms. The van der Waals surface area contributed by atoms with Crippen LogP contribution in [0.25, 0.3) is 11.3 Å². The van der Waals surface area contributed by atoms with E-state index in [2.05, 4.69) is 15.3 Å². The topological polar surface area (TPSA) is 63.9 Å². The van der Waals surface area contributed by atoms with Gasteiger partial charge in [0, 0.05) is 30.5 Å². The van der Waals surface area contributed by atoms with Gasteiger partial charge in [-0.3, -0.25) is 9.78 Å². The minimum atomic E-state index is 0.105. The SMILES string of the molecule is O=C(Cc1ccccn1)N1CC(n2cc(-c3ccccc3)nn2)C1. The number of carbonyl (C=O) groups excluding carboxylic acids is 1. The van der Waals surface area contributed by atoms with Crippen molar-refractivity contribution < 1.29 is 4.79 Å². The van der Waals surface area contributed by atoms with Gasteiger partial charge in [-0.25, -0.2) is 4.68 Å². The van der Waals surface area contributed by atoms with Crippen LogP contribution in [0.2, 0.25) is 0 Å². The van der Waals surface area contributed by atoms with E-state index in [-0.39, 0.29) is 11.9 Å². The fourth-order valence-electron chi connectivity index (χ4n) is 2.79. The normalized spacial score (nSPS) is 14.4. The minimum absolute atomic E-state index is 0.105. The van der Waals surface area contributed by atoms with Gasteiger partial charge >= 0.3 is 0 Å². The van der Waals surface area contributed by atoms with Crippen molar-refractivity contribution in [1.82, 2.24) is 24.9 Å². The first-order chi connectivity index (χ1) is 11.8. The van der Waals surface area contributed by atoms with E-state index in [4.69, 9.17) is 0 Å². The number of rotatable bonds is 4. The van der Waals surface area contributed by atoms with Crippen LogP contribution in [0.1, 0.15) is 11.7 Å². The van der Waals surface area contributed by atoms with Crippen molar-refractivity contribution in [2.75, 3.05) is 13.1 Å². The Hall–Kier alpha value is -3.02. The molecule has 1 aliphatic rings. The standard InChI is InChI=1S/C18H17N5O/c24-18(10-15-8-4-5-9-19-15)22-11-16(12-22)23-13-17(20-21-23)14-6-2-1-3-7-14/h1-9,13,16H,10-12H2. The maximum atomic E-state index is 12.2. The molecule has 24 heavy (non-hydrogen) atoms. The fraction of sp³-hybridized carbons (Fsp3) is 0.222. The second-order valence-corrected chi connectivity index (χ2v) is 5.90. The molecule has 6 heteroatoms. The van der Waals surface area contributed by atoms with Crippen LogP contribution in [-0.2, 0) is 11.2 Å². The fourth-order valence-corrected chi connectivity index (χ4v) is 2.79. The van der Waals surface area contributed by atoms with Crippen LogP contribution in [-0.4, -0.2) is 43.9 Å². The smallest absolute Gasteiger partial charge is 0.228 e. The molecule has 4 rings (SSSR count). The van der Waals surface area contributed by atoms with Gasteiger partial charge < -0.3 is 4.90 Å². The molecule has 6 nitrogen and oxygen atoms in total. The first-order valence-electron chi connectivity index (χ1n) is 7.94. The number of hydrogen-bond donors (Lipinski definition) is 0. The van der Waals surface area contributed by atoms with Crippen molar-refractivity contribution in [1.29, 1.82) is 0 Å². The molecule has 0 atom stereocenters. The van der Waals surface area contributed by atoms with Crippen LogP contribution in [0.5, 0.6) is 0 Å². The predicted molar refractivity (Wildman–Crippen MR) is 89.0 cm³/mol. The van der Waals surface area contributed by atoms with Crippen molar-refractivity contribution in [3.8, 4) is 11.3 Å². The second-order valence-electron chi connectivity index (χ2n) is 5.90. The van der Waals surface area contributed by atoms with Crippen molar-refractivity contribution in [3.63, 3.8) is 0 Å². The van der Waals surface area contributed by atoms with Gasteiger partial charge in [0.25, 0.3) is 0 Å². The highest BCUT2D eigenvalue weighted by molar-refractivity contribution is 5.79. The zero-order valence-corrected chi connectivity index (χ0v) is 13.1. The first-order valence-corrected chi connectivity index (χ1v) is 7.94. The van der Waals surface area contributed by atoms with E-state index >= 15 is 0 Å². The lowest BCUT2D eigenvalue weighted by Gasteiger charge is -2.38. The summed E-state index contributed by atoms with van der Waals surface area (Å²) in [5, 5.41) is 8.44. The Balaban J connectivity index is 1.36. The molecule has 0 radical (unpaired) electrons. The zero-order valence-electron chi connectivity index (χ0n) is 13.1. The molecule has 1 saturated heterocycles. The van der Waals surface area contributed by atoms with E-state index in [0.717, 1.165) is 17.0 Å². The molecule has 0 unspecified atom stereocenters. The van der Waals surface area contributed by atoms with E-state index < -0.39 is 0 Å². The number of carbonyl (C=O) groups is 1. The summed E-state index contributed by atoms with van der Waals surface area (Å²) in [6, 6.07) is 15.8. The second kappa shape index (κ2) is 6.23. The summed E-state index contributed by atoms with van der Waals surface area (Å²) in [6.45, 7) is 1.34. The van der Waals surface area contributed by atoms with Crippen LogP contribution in [0.4, 0.5) is 0 Å². The van der Waals surface area contributed by atoms with E-state index in [1.54, 1.807) is 6.20 Å². The molecule has 3 aromatic rings. The third-order valence-corrected chi connectivity index (χ3v) is 4.23. The molecule has 1 aromatic carbocycles. The summed E-state index contributed by atoms with van der Waals surface area (Å²) in [6.07, 6.45) is 4.00. The predicted octanol–water partition coefficient (Wildman–Crippen LogP) is 1.97. The molecule has 1 fully saturated rings. The van der Waals surface area contributed by atoms with Crippen LogP contribution < -0.4 is 0 Å². The maximum absolute atomic E-state index is 12.2. The van der Waals surface area contributed by atoms with Gasteiger partial charge in [-0.05, 0) is 12.1 Å². The summed E-state index contributed by atoms with van der Waals surface area (Å²) < 4.78 is 1.85. The third kappa shape index (κ3) is 2.90. The largest absolute Gasteiger partial charge is 0.338 e. The molecule has 0 N–H and O–H groups in total. The van der Waals surface area contributed by atoms with Gasteiger partial charge in [-0.1, -0.05) is 41.6 Å². The summed E-state index contributed by atoms with van der Waals surface area (Å²) in [5.74, 6) is 0.105. The Labute approximate surface area is 139 Å². The lowest BCUT2D eigenvalue weighted by Crippen LogP contribution is -2.51. The molecule has 0 spiro atoms. The number of likely N-dealkylation sites (tertiary alicyclic amines) is 1. The highest BCUT2D eigenvalue weighted by Crippen LogP contribution is 2.23. The number of hydrogen-bond acceptors (Lipinski definition) is 4. The maximum Gasteiger partial charge on any atom is 0.228 e. The highest BCUT2D eigenvalue weighted by atomic mass is 16.2. The molecule has 1 aliphatic heterocycles.